The quantitative estimate of drug-likeness (QED) is 0.827. The van der Waals surface area contributed by atoms with Crippen molar-refractivity contribution in [2.45, 2.75) is 13.0 Å². The summed E-state index contributed by atoms with van der Waals surface area (Å²) in [6, 6.07) is 0. The molecule has 8 nitrogen and oxygen atoms in total. The molecule has 0 radical (unpaired) electrons. The minimum absolute atomic E-state index is 0.0515. The molecule has 1 amide bonds. The number of fused-ring (bicyclic) bond motifs is 1. The molecule has 2 aromatic heterocycles. The Hall–Kier alpha value is -2.85. The van der Waals surface area contributed by atoms with Crippen LogP contribution in [0.4, 0.5) is 13.2 Å². The van der Waals surface area contributed by atoms with Crippen LogP contribution in [0.1, 0.15) is 6.42 Å². The SMILES string of the molecule is Cn1c(=O)c2c(ncn2CC(=O)NCCC(F)=C(F)F)n(C)c1=O. The predicted octanol–water partition coefficient (Wildman–Crippen LogP) is 0.0176. The molecule has 0 saturated carbocycles. The van der Waals surface area contributed by atoms with Crippen molar-refractivity contribution in [3.63, 3.8) is 0 Å². The number of rotatable bonds is 5. The minimum Gasteiger partial charge on any atom is -0.354 e. The van der Waals surface area contributed by atoms with Crippen molar-refractivity contribution in [2.75, 3.05) is 6.54 Å². The molecule has 0 aliphatic carbocycles. The Balaban J connectivity index is 2.20. The van der Waals surface area contributed by atoms with Gasteiger partial charge >= 0.3 is 11.8 Å². The fourth-order valence-electron chi connectivity index (χ4n) is 2.13. The average Bonchev–Trinajstić information content (AvgIpc) is 2.94. The molecule has 130 valence electrons. The normalized spacial score (nSPS) is 10.9. The standard InChI is InChI=1S/C13H14F3N5O3/c1-19-11-9(12(23)20(2)13(19)24)21(6-18-11)5-8(22)17-4-3-7(14)10(15)16/h6H,3-5H2,1-2H3,(H,17,22). The Morgan fingerprint density at radius 2 is 1.88 bits per heavy atom. The summed E-state index contributed by atoms with van der Waals surface area (Å²) in [4.78, 5) is 39.7. The van der Waals surface area contributed by atoms with E-state index in [9.17, 15) is 27.6 Å². The number of hydrogen-bond donors (Lipinski definition) is 1. The summed E-state index contributed by atoms with van der Waals surface area (Å²) >= 11 is 0. The molecule has 0 aliphatic heterocycles. The highest BCUT2D eigenvalue weighted by Crippen LogP contribution is 2.11. The number of aryl methyl sites for hydroxylation is 1. The molecule has 0 aromatic carbocycles. The topological polar surface area (TPSA) is 90.9 Å². The first-order valence-corrected chi connectivity index (χ1v) is 6.81. The number of carbonyl (C=O) groups excluding carboxylic acids is 1. The molecular formula is C13H14F3N5O3. The number of halogens is 3. The number of aromatic nitrogens is 4. The van der Waals surface area contributed by atoms with Crippen molar-refractivity contribution < 1.29 is 18.0 Å². The lowest BCUT2D eigenvalue weighted by atomic mass is 10.4. The second kappa shape index (κ2) is 6.72. The van der Waals surface area contributed by atoms with Gasteiger partial charge in [-0.1, -0.05) is 0 Å². The van der Waals surface area contributed by atoms with Crippen LogP contribution in [-0.4, -0.2) is 31.1 Å². The van der Waals surface area contributed by atoms with E-state index in [0.29, 0.717) is 0 Å². The van der Waals surface area contributed by atoms with Gasteiger partial charge in [0, 0.05) is 27.1 Å². The highest BCUT2D eigenvalue weighted by molar-refractivity contribution is 5.78. The first-order chi connectivity index (χ1) is 11.2. The van der Waals surface area contributed by atoms with Crippen LogP contribution in [0.3, 0.4) is 0 Å². The lowest BCUT2D eigenvalue weighted by Gasteiger charge is -2.07. The number of amides is 1. The van der Waals surface area contributed by atoms with Gasteiger partial charge in [0.1, 0.15) is 6.54 Å². The molecule has 2 heterocycles. The molecule has 0 atom stereocenters. The third kappa shape index (κ3) is 3.24. The van der Waals surface area contributed by atoms with Crippen LogP contribution in [0.15, 0.2) is 27.8 Å². The van der Waals surface area contributed by atoms with Crippen LogP contribution >= 0.6 is 0 Å². The maximum absolute atomic E-state index is 12.6. The van der Waals surface area contributed by atoms with Crippen molar-refractivity contribution in [3.05, 3.63) is 39.1 Å². The van der Waals surface area contributed by atoms with Gasteiger partial charge in [-0.25, -0.2) is 14.2 Å². The Morgan fingerprint density at radius 3 is 2.50 bits per heavy atom. The van der Waals surface area contributed by atoms with E-state index in [1.807, 2.05) is 0 Å². The summed E-state index contributed by atoms with van der Waals surface area (Å²) in [7, 11) is 2.73. The summed E-state index contributed by atoms with van der Waals surface area (Å²) < 4.78 is 39.7. The van der Waals surface area contributed by atoms with Crippen LogP contribution in [0.2, 0.25) is 0 Å². The van der Waals surface area contributed by atoms with E-state index in [2.05, 4.69) is 10.3 Å². The van der Waals surface area contributed by atoms with Crippen molar-refractivity contribution >= 4 is 17.1 Å². The van der Waals surface area contributed by atoms with E-state index in [1.165, 1.54) is 25.0 Å². The lowest BCUT2D eigenvalue weighted by Crippen LogP contribution is -2.38. The lowest BCUT2D eigenvalue weighted by molar-refractivity contribution is -0.121. The maximum Gasteiger partial charge on any atom is 0.332 e. The number of imidazole rings is 1. The van der Waals surface area contributed by atoms with Crippen molar-refractivity contribution in [1.82, 2.24) is 24.0 Å². The van der Waals surface area contributed by atoms with Gasteiger partial charge in [0.15, 0.2) is 17.0 Å². The van der Waals surface area contributed by atoms with Crippen LogP contribution in [0, 0.1) is 0 Å². The predicted molar refractivity (Wildman–Crippen MR) is 78.2 cm³/mol. The van der Waals surface area contributed by atoms with Gasteiger partial charge in [-0.15, -0.1) is 0 Å². The largest absolute Gasteiger partial charge is 0.354 e. The first kappa shape index (κ1) is 17.5. The Morgan fingerprint density at radius 1 is 1.21 bits per heavy atom. The van der Waals surface area contributed by atoms with E-state index in [0.717, 1.165) is 9.13 Å². The fourth-order valence-corrected chi connectivity index (χ4v) is 2.13. The number of nitrogens with zero attached hydrogens (tertiary/aromatic N) is 4. The monoisotopic (exact) mass is 345 g/mol. The second-order valence-corrected chi connectivity index (χ2v) is 5.02. The minimum atomic E-state index is -2.42. The third-order valence-electron chi connectivity index (χ3n) is 3.40. The zero-order valence-electron chi connectivity index (χ0n) is 12.8. The van der Waals surface area contributed by atoms with Crippen molar-refractivity contribution in [2.24, 2.45) is 14.1 Å². The Labute approximate surface area is 132 Å². The Kier molecular flexibility index (Phi) is 4.90. The molecule has 0 aliphatic rings. The molecule has 11 heteroatoms. The highest BCUT2D eigenvalue weighted by atomic mass is 19.3. The number of hydrogen-bond acceptors (Lipinski definition) is 4. The van der Waals surface area contributed by atoms with Crippen LogP contribution in [-0.2, 0) is 25.4 Å². The van der Waals surface area contributed by atoms with E-state index >= 15 is 0 Å². The zero-order chi connectivity index (χ0) is 18.0. The van der Waals surface area contributed by atoms with E-state index in [4.69, 9.17) is 0 Å². The molecule has 24 heavy (non-hydrogen) atoms. The van der Waals surface area contributed by atoms with E-state index in [1.54, 1.807) is 0 Å². The van der Waals surface area contributed by atoms with Gasteiger partial charge in [-0.05, 0) is 0 Å². The highest BCUT2D eigenvalue weighted by Gasteiger charge is 2.16. The van der Waals surface area contributed by atoms with Gasteiger partial charge in [0.25, 0.3) is 5.56 Å². The maximum atomic E-state index is 12.6. The summed E-state index contributed by atoms with van der Waals surface area (Å²) in [6.07, 6.45) is -1.84. The van der Waals surface area contributed by atoms with Crippen LogP contribution in [0.25, 0.3) is 11.2 Å². The zero-order valence-corrected chi connectivity index (χ0v) is 12.8. The number of nitrogens with one attached hydrogen (secondary N) is 1. The molecule has 2 aromatic rings. The third-order valence-corrected chi connectivity index (χ3v) is 3.40. The smallest absolute Gasteiger partial charge is 0.332 e. The van der Waals surface area contributed by atoms with E-state index < -0.39 is 35.5 Å². The molecule has 2 rings (SSSR count). The average molecular weight is 345 g/mol. The molecule has 0 unspecified atom stereocenters. The van der Waals surface area contributed by atoms with Crippen LogP contribution < -0.4 is 16.6 Å². The molecule has 0 fully saturated rings. The Bertz CT molecular complexity index is 937. The molecular weight excluding hydrogens is 331 g/mol. The summed E-state index contributed by atoms with van der Waals surface area (Å²) in [5, 5.41) is 2.26. The van der Waals surface area contributed by atoms with Crippen molar-refractivity contribution in [3.8, 4) is 0 Å². The molecule has 0 saturated heterocycles. The molecule has 0 spiro atoms. The second-order valence-electron chi connectivity index (χ2n) is 5.02. The first-order valence-electron chi connectivity index (χ1n) is 6.81. The summed E-state index contributed by atoms with van der Waals surface area (Å²) in [6.45, 7) is -0.640. The van der Waals surface area contributed by atoms with Gasteiger partial charge in [-0.2, -0.15) is 8.78 Å². The van der Waals surface area contributed by atoms with Gasteiger partial charge in [-0.3, -0.25) is 18.7 Å². The molecule has 1 N–H and O–H groups in total. The van der Waals surface area contributed by atoms with Gasteiger partial charge < -0.3 is 9.88 Å². The fraction of sp³-hybridized carbons (Fsp3) is 0.385. The van der Waals surface area contributed by atoms with Gasteiger partial charge in [0.05, 0.1) is 6.33 Å². The molecule has 0 bridgehead atoms. The summed E-state index contributed by atoms with van der Waals surface area (Å²) in [5.74, 6) is -2.20. The van der Waals surface area contributed by atoms with Crippen molar-refractivity contribution in [1.29, 1.82) is 0 Å². The number of carbonyl (C=O) groups is 1. The van der Waals surface area contributed by atoms with Crippen LogP contribution in [0.5, 0.6) is 0 Å². The van der Waals surface area contributed by atoms with E-state index in [-0.39, 0.29) is 24.3 Å². The van der Waals surface area contributed by atoms with Gasteiger partial charge in [0.2, 0.25) is 5.91 Å². The summed E-state index contributed by atoms with van der Waals surface area (Å²) in [5.41, 5.74) is -1.01.